The quantitative estimate of drug-likeness (QED) is 0.0541. The first-order chi connectivity index (χ1) is 28.3. The van der Waals surface area contributed by atoms with Crippen molar-refractivity contribution in [3.05, 3.63) is 156 Å². The lowest BCUT2D eigenvalue weighted by Crippen LogP contribution is -2.39. The number of hydrogen-bond acceptors (Lipinski definition) is 10. The van der Waals surface area contributed by atoms with E-state index in [4.69, 9.17) is 18.5 Å². The number of aromatic nitrogens is 4. The minimum absolute atomic E-state index is 0.0988. The summed E-state index contributed by atoms with van der Waals surface area (Å²) >= 11 is 0. The smallest absolute Gasteiger partial charge is 0.259 e. The normalized spacial score (nSPS) is 17.5. The summed E-state index contributed by atoms with van der Waals surface area (Å²) in [5.41, 5.74) is 3.33. The van der Waals surface area contributed by atoms with Gasteiger partial charge in [0.2, 0.25) is 0 Å². The number of fused-ring (bicyclic) bond motifs is 1. The van der Waals surface area contributed by atoms with Crippen LogP contribution < -0.4 is 5.32 Å². The van der Waals surface area contributed by atoms with Gasteiger partial charge in [-0.15, -0.1) is 0 Å². The van der Waals surface area contributed by atoms with Crippen molar-refractivity contribution in [2.24, 2.45) is 0 Å². The SMILES string of the molecule is CC(C)N(C(C)C)P(OCCC#N)O[C@@H]1C[C@H](n2cnc3c(NC(=O)c4ccccc4)ncnc32)O[C@@H]1COC(c1ccccc1)(c1ccccc1)c1ccccc1. The van der Waals surface area contributed by atoms with E-state index < -0.39 is 32.6 Å². The van der Waals surface area contributed by atoms with Crippen LogP contribution in [0.3, 0.4) is 0 Å². The van der Waals surface area contributed by atoms with Crippen LogP contribution in [0.4, 0.5) is 5.82 Å². The van der Waals surface area contributed by atoms with Crippen molar-refractivity contribution >= 4 is 31.4 Å². The first-order valence-electron chi connectivity index (χ1n) is 19.5. The van der Waals surface area contributed by atoms with Crippen molar-refractivity contribution in [3.8, 4) is 6.07 Å². The van der Waals surface area contributed by atoms with Gasteiger partial charge >= 0.3 is 0 Å². The lowest BCUT2D eigenvalue weighted by atomic mass is 9.80. The van der Waals surface area contributed by atoms with Crippen LogP contribution >= 0.6 is 8.53 Å². The fourth-order valence-electron chi connectivity index (χ4n) is 7.44. The zero-order valence-corrected chi connectivity index (χ0v) is 34.0. The maximum Gasteiger partial charge on any atom is 0.259 e. The number of nitrogens with zero attached hydrogens (tertiary/aromatic N) is 6. The van der Waals surface area contributed by atoms with E-state index in [-0.39, 0.29) is 37.6 Å². The zero-order valence-electron chi connectivity index (χ0n) is 33.1. The van der Waals surface area contributed by atoms with E-state index in [9.17, 15) is 10.1 Å². The Kier molecular flexibility index (Phi) is 13.3. The molecule has 6 aromatic rings. The highest BCUT2D eigenvalue weighted by molar-refractivity contribution is 7.44. The van der Waals surface area contributed by atoms with E-state index in [1.165, 1.54) is 6.33 Å². The van der Waals surface area contributed by atoms with Crippen LogP contribution in [0.1, 0.15) is 73.8 Å². The second-order valence-electron chi connectivity index (χ2n) is 14.5. The molecule has 0 saturated carbocycles. The molecule has 0 spiro atoms. The predicted octanol–water partition coefficient (Wildman–Crippen LogP) is 9.04. The van der Waals surface area contributed by atoms with Gasteiger partial charge in [-0.05, 0) is 56.5 Å². The number of carbonyl (C=O) groups is 1. The molecule has 298 valence electrons. The highest BCUT2D eigenvalue weighted by atomic mass is 31.2. The molecule has 1 fully saturated rings. The Bertz CT molecular complexity index is 2170. The summed E-state index contributed by atoms with van der Waals surface area (Å²) in [7, 11) is -1.62. The van der Waals surface area contributed by atoms with E-state index in [0.717, 1.165) is 16.7 Å². The molecular formula is C45H48N7O5P. The highest BCUT2D eigenvalue weighted by Crippen LogP contribution is 2.51. The number of anilines is 1. The van der Waals surface area contributed by atoms with Crippen LogP contribution in [0.25, 0.3) is 11.2 Å². The minimum Gasteiger partial charge on any atom is -0.358 e. The Balaban J connectivity index is 1.26. The van der Waals surface area contributed by atoms with Crippen LogP contribution in [-0.2, 0) is 24.1 Å². The Hall–Kier alpha value is -5.38. The summed E-state index contributed by atoms with van der Waals surface area (Å²) in [6, 6.07) is 42.0. The van der Waals surface area contributed by atoms with Gasteiger partial charge in [-0.3, -0.25) is 9.36 Å². The maximum atomic E-state index is 13.1. The number of carbonyl (C=O) groups excluding carboxylic acids is 1. The maximum absolute atomic E-state index is 13.1. The van der Waals surface area contributed by atoms with Gasteiger partial charge in [-0.1, -0.05) is 109 Å². The Morgan fingerprint density at radius 1 is 0.879 bits per heavy atom. The summed E-state index contributed by atoms with van der Waals surface area (Å²) in [6.45, 7) is 8.82. The van der Waals surface area contributed by atoms with Crippen LogP contribution in [0.2, 0.25) is 0 Å². The van der Waals surface area contributed by atoms with Gasteiger partial charge in [0.05, 0.1) is 38.1 Å². The van der Waals surface area contributed by atoms with E-state index >= 15 is 0 Å². The van der Waals surface area contributed by atoms with Gasteiger partial charge in [0.1, 0.15) is 24.3 Å². The summed E-state index contributed by atoms with van der Waals surface area (Å²) in [5.74, 6) is -0.0122. The van der Waals surface area contributed by atoms with E-state index in [2.05, 4.69) is 95.1 Å². The van der Waals surface area contributed by atoms with Crippen LogP contribution in [-0.4, -0.2) is 67.6 Å². The molecule has 12 nitrogen and oxygen atoms in total. The molecule has 13 heteroatoms. The second-order valence-corrected chi connectivity index (χ2v) is 15.9. The highest BCUT2D eigenvalue weighted by Gasteiger charge is 2.45. The van der Waals surface area contributed by atoms with Crippen molar-refractivity contribution in [1.82, 2.24) is 24.2 Å². The Morgan fingerprint density at radius 2 is 1.45 bits per heavy atom. The molecule has 3 heterocycles. The molecule has 1 amide bonds. The number of nitrogens with one attached hydrogen (secondary N) is 1. The van der Waals surface area contributed by atoms with Gasteiger partial charge in [0.15, 0.2) is 17.0 Å². The third kappa shape index (κ3) is 8.86. The van der Waals surface area contributed by atoms with E-state index in [0.29, 0.717) is 29.0 Å². The summed E-state index contributed by atoms with van der Waals surface area (Å²) in [6.07, 6.45) is 2.06. The van der Waals surface area contributed by atoms with E-state index in [1.54, 1.807) is 30.6 Å². The molecule has 1 aliphatic rings. The Morgan fingerprint density at radius 3 is 2.00 bits per heavy atom. The van der Waals surface area contributed by atoms with Gasteiger partial charge in [0, 0.05) is 24.1 Å². The molecule has 1 aliphatic heterocycles. The van der Waals surface area contributed by atoms with Gasteiger partial charge in [-0.25, -0.2) is 19.6 Å². The fourth-order valence-corrected chi connectivity index (χ4v) is 9.20. The number of amides is 1. The molecule has 7 rings (SSSR count). The number of nitriles is 1. The molecule has 0 aliphatic carbocycles. The van der Waals surface area contributed by atoms with Gasteiger partial charge < -0.3 is 23.8 Å². The molecule has 0 bridgehead atoms. The molecular weight excluding hydrogens is 750 g/mol. The summed E-state index contributed by atoms with van der Waals surface area (Å²) < 4.78 is 31.7. The number of rotatable bonds is 17. The number of hydrogen-bond donors (Lipinski definition) is 1. The van der Waals surface area contributed by atoms with Crippen molar-refractivity contribution in [2.75, 3.05) is 18.5 Å². The number of imidazole rings is 1. The van der Waals surface area contributed by atoms with Gasteiger partial charge in [-0.2, -0.15) is 5.26 Å². The van der Waals surface area contributed by atoms with Crippen LogP contribution in [0.15, 0.2) is 134 Å². The van der Waals surface area contributed by atoms with E-state index in [1.807, 2.05) is 65.2 Å². The third-order valence-corrected chi connectivity index (χ3v) is 12.2. The van der Waals surface area contributed by atoms with Gasteiger partial charge in [0.25, 0.3) is 14.4 Å². The standard InChI is InChI=1S/C45H48N7O5P/c1-32(2)52(33(3)4)58(55-27-17-26-46)57-38-28-40(51-31-49-41-42(47-30-48-43(41)51)50-44(53)34-18-9-5-10-19-34)56-39(38)29-54-45(35-20-11-6-12-21-35,36-22-13-7-14-23-36)37-24-15-8-16-25-37/h5-16,18-25,30-33,38-40H,17,27-29H2,1-4H3,(H,47,48,50,53)/t38-,39-,40-,58?/m1/s1. The monoisotopic (exact) mass is 797 g/mol. The topological polar surface area (TPSA) is 137 Å². The third-order valence-electron chi connectivity index (χ3n) is 10.0. The minimum atomic E-state index is -1.62. The first kappa shape index (κ1) is 40.8. The van der Waals surface area contributed by atoms with Crippen LogP contribution in [0, 0.1) is 11.3 Å². The zero-order chi connectivity index (χ0) is 40.5. The van der Waals surface area contributed by atoms with Crippen molar-refractivity contribution in [1.29, 1.82) is 5.26 Å². The average Bonchev–Trinajstić information content (AvgIpc) is 3.87. The molecule has 1 N–H and O–H groups in total. The molecule has 1 unspecified atom stereocenters. The first-order valence-corrected chi connectivity index (χ1v) is 20.7. The van der Waals surface area contributed by atoms with Crippen molar-refractivity contribution < 1.29 is 23.3 Å². The molecule has 2 aromatic heterocycles. The lowest BCUT2D eigenvalue weighted by Gasteiger charge is -2.39. The second kappa shape index (κ2) is 18.9. The molecule has 58 heavy (non-hydrogen) atoms. The lowest BCUT2D eigenvalue weighted by molar-refractivity contribution is -0.0912. The van der Waals surface area contributed by atoms with Crippen LogP contribution in [0.5, 0.6) is 0 Å². The number of benzene rings is 4. The molecule has 4 aromatic carbocycles. The molecule has 0 radical (unpaired) electrons. The molecule has 4 atom stereocenters. The summed E-state index contributed by atoms with van der Waals surface area (Å²) in [4.78, 5) is 26.7. The fraction of sp³-hybridized carbons (Fsp3) is 0.311. The van der Waals surface area contributed by atoms with Crippen molar-refractivity contribution in [3.63, 3.8) is 0 Å². The van der Waals surface area contributed by atoms with Crippen molar-refractivity contribution in [2.45, 2.75) is 76.7 Å². The Labute approximate surface area is 340 Å². The molecule has 1 saturated heterocycles. The number of ether oxygens (including phenoxy) is 2. The predicted molar refractivity (Wildman–Crippen MR) is 223 cm³/mol. The average molecular weight is 798 g/mol. The summed E-state index contributed by atoms with van der Waals surface area (Å²) in [5, 5.41) is 12.3. The largest absolute Gasteiger partial charge is 0.358 e.